The van der Waals surface area contributed by atoms with Gasteiger partial charge in [0.25, 0.3) is 0 Å². The van der Waals surface area contributed by atoms with Gasteiger partial charge in [0.05, 0.1) is 0 Å². The van der Waals surface area contributed by atoms with E-state index in [4.69, 9.17) is 13.3 Å². The Morgan fingerprint density at radius 1 is 1.00 bits per heavy atom. The fraction of sp³-hybridized carbons (Fsp3) is 0. The Labute approximate surface area is 31.0 Å². The molecule has 0 unspecified atom stereocenters. The molecule has 0 saturated heterocycles. The first kappa shape index (κ1) is 4.52. The van der Waals surface area contributed by atoms with Crippen molar-refractivity contribution in [3.63, 3.8) is 0 Å². The van der Waals surface area contributed by atoms with E-state index in [-0.39, 0.29) is 0 Å². The molecule has 0 aromatic heterocycles. The fourth-order valence-corrected chi connectivity index (χ4v) is 0. The van der Waals surface area contributed by atoms with Gasteiger partial charge in [0, 0.05) is 0 Å². The Bertz CT molecular complexity index is 8.00. The summed E-state index contributed by atoms with van der Waals surface area (Å²) in [5, 5.41) is 0. The molecule has 0 aliphatic rings. The SMILES string of the molecule is [NH2][Ga]([NH2])[NH2]. The van der Waals surface area contributed by atoms with Crippen molar-refractivity contribution in [1.29, 1.82) is 0 Å². The molecule has 0 saturated carbocycles. The van der Waals surface area contributed by atoms with Gasteiger partial charge in [0.15, 0.2) is 0 Å². The van der Waals surface area contributed by atoms with Crippen molar-refractivity contribution in [2.75, 3.05) is 0 Å². The average molecular weight is 118 g/mol. The van der Waals surface area contributed by atoms with Crippen LogP contribution in [0.15, 0.2) is 0 Å². The molecule has 0 aromatic carbocycles. The predicted molar refractivity (Wildman–Crippen MR) is 18.3 cm³/mol. The zero-order valence-electron chi connectivity index (χ0n) is 2.31. The molecular weight excluding hydrogens is 112 g/mol. The van der Waals surface area contributed by atoms with Crippen LogP contribution in [0.5, 0.6) is 0 Å². The summed E-state index contributed by atoms with van der Waals surface area (Å²) in [5.74, 6) is 0. The molecule has 0 fully saturated rings. The molecule has 0 bridgehead atoms. The molecule has 0 amide bonds. The molecule has 6 N–H and O–H groups in total. The van der Waals surface area contributed by atoms with E-state index in [1.807, 2.05) is 0 Å². The van der Waals surface area contributed by atoms with Gasteiger partial charge >= 0.3 is 30.3 Å². The third-order valence-electron chi connectivity index (χ3n) is 0. The summed E-state index contributed by atoms with van der Waals surface area (Å²) in [5.41, 5.74) is 0. The van der Waals surface area contributed by atoms with Crippen LogP contribution in [0.1, 0.15) is 0 Å². The topological polar surface area (TPSA) is 78.1 Å². The molecule has 0 aliphatic carbocycles. The third-order valence-corrected chi connectivity index (χ3v) is 0. The first-order valence-electron chi connectivity index (χ1n) is 1.00. The average Bonchev–Trinajstić information content (AvgIpc) is 0.811. The molecule has 4 heavy (non-hydrogen) atoms. The van der Waals surface area contributed by atoms with E-state index in [0.717, 1.165) is 0 Å². The summed E-state index contributed by atoms with van der Waals surface area (Å²) in [4.78, 5) is 0. The van der Waals surface area contributed by atoms with Crippen LogP contribution in [0.25, 0.3) is 0 Å². The quantitative estimate of drug-likeness (QED) is 0.317. The van der Waals surface area contributed by atoms with Crippen LogP contribution < -0.4 is 13.3 Å². The van der Waals surface area contributed by atoms with Crippen molar-refractivity contribution in [2.45, 2.75) is 0 Å². The molecule has 0 atom stereocenters. The zero-order valence-corrected chi connectivity index (χ0v) is 4.73. The van der Waals surface area contributed by atoms with Gasteiger partial charge in [-0.05, 0) is 0 Å². The van der Waals surface area contributed by atoms with Crippen LogP contribution in [0.4, 0.5) is 0 Å². The molecule has 24 valence electrons. The molecule has 0 heterocycles. The second kappa shape index (κ2) is 1.80. The summed E-state index contributed by atoms with van der Waals surface area (Å²) >= 11 is -1.98. The molecule has 4 heteroatoms. The van der Waals surface area contributed by atoms with E-state index in [2.05, 4.69) is 0 Å². The molecule has 0 aromatic rings. The van der Waals surface area contributed by atoms with Gasteiger partial charge < -0.3 is 0 Å². The van der Waals surface area contributed by atoms with E-state index >= 15 is 0 Å². The molecular formula is H6GaN3. The van der Waals surface area contributed by atoms with E-state index in [0.29, 0.717) is 0 Å². The van der Waals surface area contributed by atoms with Crippen molar-refractivity contribution < 1.29 is 0 Å². The summed E-state index contributed by atoms with van der Waals surface area (Å²) in [6.07, 6.45) is 0. The Balaban J connectivity index is 2.32. The van der Waals surface area contributed by atoms with Crippen molar-refractivity contribution in [3.8, 4) is 0 Å². The molecule has 0 aliphatic heterocycles. The summed E-state index contributed by atoms with van der Waals surface area (Å²) in [7, 11) is 0. The van der Waals surface area contributed by atoms with Crippen LogP contribution in [-0.2, 0) is 0 Å². The first-order chi connectivity index (χ1) is 1.73. The van der Waals surface area contributed by atoms with Crippen LogP contribution in [0, 0.1) is 0 Å². The van der Waals surface area contributed by atoms with Gasteiger partial charge in [-0.3, -0.25) is 0 Å². The first-order valence-corrected chi connectivity index (χ1v) is 5.20. The second-order valence-electron chi connectivity index (χ2n) is 0.577. The van der Waals surface area contributed by atoms with E-state index in [1.165, 1.54) is 0 Å². The predicted octanol–water partition coefficient (Wildman–Crippen LogP) is -2.15. The van der Waals surface area contributed by atoms with E-state index < -0.39 is 16.9 Å². The summed E-state index contributed by atoms with van der Waals surface area (Å²) in [6.45, 7) is 0. The van der Waals surface area contributed by atoms with Crippen molar-refractivity contribution in [3.05, 3.63) is 0 Å². The minimum absolute atomic E-state index is 1.98. The van der Waals surface area contributed by atoms with Crippen LogP contribution in [-0.4, -0.2) is 16.9 Å². The van der Waals surface area contributed by atoms with Crippen molar-refractivity contribution >= 4 is 16.9 Å². The van der Waals surface area contributed by atoms with Gasteiger partial charge in [0.2, 0.25) is 0 Å². The van der Waals surface area contributed by atoms with Crippen molar-refractivity contribution in [2.24, 2.45) is 13.3 Å². The Kier molecular flexibility index (Phi) is 2.03. The Morgan fingerprint density at radius 3 is 1.00 bits per heavy atom. The standard InChI is InChI=1S/Ga.3H2N/h;3*1H2/q+3;3*-1. The monoisotopic (exact) mass is 117 g/mol. The number of nitrogens with two attached hydrogens (primary N) is 3. The molecule has 0 spiro atoms. The minimum atomic E-state index is -1.98. The van der Waals surface area contributed by atoms with Crippen molar-refractivity contribution in [1.82, 2.24) is 0 Å². The number of rotatable bonds is 0. The van der Waals surface area contributed by atoms with E-state index in [1.54, 1.807) is 0 Å². The Morgan fingerprint density at radius 2 is 1.00 bits per heavy atom. The van der Waals surface area contributed by atoms with Gasteiger partial charge in [-0.2, -0.15) is 0 Å². The van der Waals surface area contributed by atoms with Gasteiger partial charge in [-0.1, -0.05) is 0 Å². The normalized spacial score (nSPS) is 6.75. The molecule has 3 nitrogen and oxygen atoms in total. The zero-order chi connectivity index (χ0) is 3.58. The molecule has 0 rings (SSSR count). The maximum absolute atomic E-state index is 4.85. The fourth-order valence-electron chi connectivity index (χ4n) is 0. The maximum atomic E-state index is 4.85. The Hall–Kier alpha value is 0.516. The van der Waals surface area contributed by atoms with Crippen LogP contribution in [0.2, 0.25) is 0 Å². The second-order valence-corrected chi connectivity index (χ2v) is 3.00. The summed E-state index contributed by atoms with van der Waals surface area (Å²) in [6, 6.07) is 0. The summed E-state index contributed by atoms with van der Waals surface area (Å²) < 4.78 is 14.6. The van der Waals surface area contributed by atoms with Gasteiger partial charge in [-0.25, -0.2) is 0 Å². The number of hydrogen-bond donors (Lipinski definition) is 3. The van der Waals surface area contributed by atoms with E-state index in [9.17, 15) is 0 Å². The van der Waals surface area contributed by atoms with Gasteiger partial charge in [0.1, 0.15) is 0 Å². The third kappa shape index (κ3) is 21.7. The van der Waals surface area contributed by atoms with Gasteiger partial charge in [-0.15, -0.1) is 0 Å². The van der Waals surface area contributed by atoms with Crippen LogP contribution in [0.3, 0.4) is 0 Å². The molecule has 0 radical (unpaired) electrons. The number of hydrogen-bond acceptors (Lipinski definition) is 3. The van der Waals surface area contributed by atoms with Crippen LogP contribution >= 0.6 is 0 Å².